The summed E-state index contributed by atoms with van der Waals surface area (Å²) in [6.07, 6.45) is 0. The number of rotatable bonds is 3. The molecule has 0 aliphatic rings. The highest BCUT2D eigenvalue weighted by Crippen LogP contribution is 2.22. The summed E-state index contributed by atoms with van der Waals surface area (Å²) < 4.78 is 0. The lowest BCUT2D eigenvalue weighted by atomic mass is 10.1. The average Bonchev–Trinajstić information content (AvgIpc) is 2.78. The first-order valence-electron chi connectivity index (χ1n) is 4.94. The Morgan fingerprint density at radius 1 is 1.41 bits per heavy atom. The van der Waals surface area contributed by atoms with Crippen LogP contribution in [0, 0.1) is 6.92 Å². The van der Waals surface area contributed by atoms with Crippen LogP contribution in [0.3, 0.4) is 0 Å². The van der Waals surface area contributed by atoms with E-state index in [-0.39, 0.29) is 5.82 Å². The van der Waals surface area contributed by atoms with Gasteiger partial charge in [-0.25, -0.2) is 4.98 Å². The molecule has 0 aliphatic carbocycles. The van der Waals surface area contributed by atoms with E-state index in [0.29, 0.717) is 5.82 Å². The van der Waals surface area contributed by atoms with Crippen molar-refractivity contribution in [2.24, 2.45) is 0 Å². The number of aromatic nitrogens is 3. The third kappa shape index (κ3) is 2.52. The van der Waals surface area contributed by atoms with Crippen LogP contribution in [0.25, 0.3) is 11.4 Å². The predicted octanol–water partition coefficient (Wildman–Crippen LogP) is 2.30. The highest BCUT2D eigenvalue weighted by Gasteiger charge is 2.20. The second-order valence-corrected chi connectivity index (χ2v) is 4.53. The molecule has 0 amide bonds. The Bertz CT molecular complexity index is 536. The third-order valence-corrected chi connectivity index (χ3v) is 3.09. The summed E-state index contributed by atoms with van der Waals surface area (Å²) in [7, 11) is 0. The van der Waals surface area contributed by atoms with Crippen LogP contribution in [-0.2, 0) is 4.79 Å². The van der Waals surface area contributed by atoms with Gasteiger partial charge in [-0.3, -0.25) is 9.89 Å². The van der Waals surface area contributed by atoms with E-state index >= 15 is 0 Å². The molecule has 1 heterocycles. The summed E-state index contributed by atoms with van der Waals surface area (Å²) in [6.45, 7) is 1.99. The number of benzene rings is 1. The Morgan fingerprint density at radius 3 is 2.65 bits per heavy atom. The third-order valence-electron chi connectivity index (χ3n) is 2.27. The van der Waals surface area contributed by atoms with Crippen molar-refractivity contribution in [1.29, 1.82) is 0 Å². The lowest BCUT2D eigenvalue weighted by Crippen LogP contribution is -2.06. The van der Waals surface area contributed by atoms with Gasteiger partial charge in [-0.1, -0.05) is 45.8 Å². The number of aromatic amines is 1. The van der Waals surface area contributed by atoms with Crippen LogP contribution < -0.4 is 0 Å². The fourth-order valence-electron chi connectivity index (χ4n) is 1.34. The predicted molar refractivity (Wildman–Crippen MR) is 65.9 cm³/mol. The molecule has 2 rings (SSSR count). The van der Waals surface area contributed by atoms with Gasteiger partial charge in [0.25, 0.3) is 0 Å². The normalized spacial score (nSPS) is 12.4. The van der Waals surface area contributed by atoms with Gasteiger partial charge in [-0.05, 0) is 6.92 Å². The maximum atomic E-state index is 10.8. The summed E-state index contributed by atoms with van der Waals surface area (Å²) in [4.78, 5) is 14.0. The highest BCUT2D eigenvalue weighted by molar-refractivity contribution is 9.09. The molecule has 2 aromatic rings. The standard InChI is InChI=1S/C11H10BrN3O2/c1-6-2-4-7(5-3-6)9-13-10(15-14-9)8(12)11(16)17/h2-5,8H,1H3,(H,16,17)(H,13,14,15). The Hall–Kier alpha value is -1.69. The van der Waals surface area contributed by atoms with E-state index < -0.39 is 10.8 Å². The molecular formula is C11H10BrN3O2. The van der Waals surface area contributed by atoms with Gasteiger partial charge in [-0.15, -0.1) is 0 Å². The molecule has 0 bridgehead atoms. The highest BCUT2D eigenvalue weighted by atomic mass is 79.9. The summed E-state index contributed by atoms with van der Waals surface area (Å²) in [5, 5.41) is 15.4. The lowest BCUT2D eigenvalue weighted by molar-refractivity contribution is -0.136. The van der Waals surface area contributed by atoms with Gasteiger partial charge in [0.15, 0.2) is 10.7 Å². The first kappa shape index (κ1) is 11.8. The second kappa shape index (κ2) is 4.67. The van der Waals surface area contributed by atoms with Crippen molar-refractivity contribution in [3.63, 3.8) is 0 Å². The molecule has 0 aliphatic heterocycles. The molecule has 17 heavy (non-hydrogen) atoms. The fraction of sp³-hybridized carbons (Fsp3) is 0.182. The van der Waals surface area contributed by atoms with Gasteiger partial charge in [0, 0.05) is 5.56 Å². The maximum Gasteiger partial charge on any atom is 0.325 e. The number of carbonyl (C=O) groups is 1. The Balaban J connectivity index is 2.29. The van der Waals surface area contributed by atoms with Crippen LogP contribution >= 0.6 is 15.9 Å². The molecule has 1 atom stereocenters. The molecule has 2 N–H and O–H groups in total. The number of nitrogens with one attached hydrogen (secondary N) is 1. The molecule has 88 valence electrons. The number of hydrogen-bond acceptors (Lipinski definition) is 3. The average molecular weight is 296 g/mol. The lowest BCUT2D eigenvalue weighted by Gasteiger charge is -1.97. The number of aryl methyl sites for hydroxylation is 1. The molecular weight excluding hydrogens is 286 g/mol. The van der Waals surface area contributed by atoms with E-state index in [0.717, 1.165) is 11.1 Å². The van der Waals surface area contributed by atoms with Crippen LogP contribution in [0.4, 0.5) is 0 Å². The zero-order chi connectivity index (χ0) is 12.4. The topological polar surface area (TPSA) is 78.9 Å². The molecule has 5 nitrogen and oxygen atoms in total. The number of alkyl halides is 1. The van der Waals surface area contributed by atoms with Gasteiger partial charge in [0.05, 0.1) is 0 Å². The van der Waals surface area contributed by atoms with E-state index in [2.05, 4.69) is 31.1 Å². The zero-order valence-electron chi connectivity index (χ0n) is 9.01. The number of hydrogen-bond donors (Lipinski definition) is 2. The molecule has 1 aromatic carbocycles. The van der Waals surface area contributed by atoms with E-state index in [4.69, 9.17) is 5.11 Å². The van der Waals surface area contributed by atoms with Gasteiger partial charge >= 0.3 is 5.97 Å². The minimum atomic E-state index is -1.00. The molecule has 0 radical (unpaired) electrons. The number of halogens is 1. The van der Waals surface area contributed by atoms with Gasteiger partial charge in [0.2, 0.25) is 0 Å². The molecule has 1 unspecified atom stereocenters. The van der Waals surface area contributed by atoms with Crippen molar-refractivity contribution in [2.45, 2.75) is 11.8 Å². The summed E-state index contributed by atoms with van der Waals surface area (Å²) >= 11 is 3.01. The SMILES string of the molecule is Cc1ccc(-c2n[nH]c(C(Br)C(=O)O)n2)cc1. The van der Waals surface area contributed by atoms with E-state index in [9.17, 15) is 4.79 Å². The van der Waals surface area contributed by atoms with Crippen molar-refractivity contribution in [1.82, 2.24) is 15.2 Å². The van der Waals surface area contributed by atoms with E-state index in [1.54, 1.807) is 0 Å². The van der Waals surface area contributed by atoms with E-state index in [1.165, 1.54) is 0 Å². The van der Waals surface area contributed by atoms with Crippen LogP contribution in [0.2, 0.25) is 0 Å². The molecule has 0 fully saturated rings. The summed E-state index contributed by atoms with van der Waals surface area (Å²) in [6, 6.07) is 7.70. The fourth-order valence-corrected chi connectivity index (χ4v) is 1.54. The van der Waals surface area contributed by atoms with E-state index in [1.807, 2.05) is 31.2 Å². The first-order chi connectivity index (χ1) is 8.08. The number of nitrogens with zero attached hydrogens (tertiary/aromatic N) is 2. The monoisotopic (exact) mass is 295 g/mol. The summed E-state index contributed by atoms with van der Waals surface area (Å²) in [5.41, 5.74) is 2.00. The minimum absolute atomic E-state index is 0.285. The quantitative estimate of drug-likeness (QED) is 0.852. The Labute approximate surface area is 106 Å². The number of carboxylic acids is 1. The maximum absolute atomic E-state index is 10.8. The zero-order valence-corrected chi connectivity index (χ0v) is 10.6. The Kier molecular flexibility index (Phi) is 3.23. The second-order valence-electron chi connectivity index (χ2n) is 3.61. The van der Waals surface area contributed by atoms with Crippen molar-refractivity contribution in [3.8, 4) is 11.4 Å². The van der Waals surface area contributed by atoms with Crippen LogP contribution in [0.15, 0.2) is 24.3 Å². The van der Waals surface area contributed by atoms with Gasteiger partial charge in [-0.2, -0.15) is 5.10 Å². The molecule has 6 heteroatoms. The number of carboxylic acid groups (broad SMARTS) is 1. The molecule has 1 aromatic heterocycles. The van der Waals surface area contributed by atoms with Crippen LogP contribution in [-0.4, -0.2) is 26.3 Å². The van der Waals surface area contributed by atoms with Gasteiger partial charge in [0.1, 0.15) is 5.82 Å². The molecule has 0 spiro atoms. The number of aliphatic carboxylic acids is 1. The largest absolute Gasteiger partial charge is 0.480 e. The summed E-state index contributed by atoms with van der Waals surface area (Å²) in [5.74, 6) is -0.226. The van der Waals surface area contributed by atoms with Gasteiger partial charge < -0.3 is 5.11 Å². The number of H-pyrrole nitrogens is 1. The van der Waals surface area contributed by atoms with Crippen molar-refractivity contribution in [3.05, 3.63) is 35.7 Å². The smallest absolute Gasteiger partial charge is 0.325 e. The van der Waals surface area contributed by atoms with Crippen molar-refractivity contribution < 1.29 is 9.90 Å². The molecule has 0 saturated heterocycles. The van der Waals surface area contributed by atoms with Crippen LogP contribution in [0.1, 0.15) is 16.2 Å². The van der Waals surface area contributed by atoms with Crippen LogP contribution in [0.5, 0.6) is 0 Å². The van der Waals surface area contributed by atoms with Crippen molar-refractivity contribution >= 4 is 21.9 Å². The molecule has 0 saturated carbocycles. The first-order valence-corrected chi connectivity index (χ1v) is 5.85. The van der Waals surface area contributed by atoms with Crippen molar-refractivity contribution in [2.75, 3.05) is 0 Å². The Morgan fingerprint density at radius 2 is 2.06 bits per heavy atom. The minimum Gasteiger partial charge on any atom is -0.480 e.